The van der Waals surface area contributed by atoms with Gasteiger partial charge < -0.3 is 4.90 Å². The van der Waals surface area contributed by atoms with E-state index in [2.05, 4.69) is 9.88 Å². The Morgan fingerprint density at radius 2 is 1.92 bits per heavy atom. The predicted octanol–water partition coefficient (Wildman–Crippen LogP) is 3.85. The fourth-order valence-electron chi connectivity index (χ4n) is 3.03. The molecular weight excluding hydrogens is 306 g/mol. The van der Waals surface area contributed by atoms with Crippen molar-refractivity contribution < 1.29 is 9.72 Å². The van der Waals surface area contributed by atoms with Crippen molar-refractivity contribution in [3.05, 3.63) is 52.2 Å². The number of rotatable bonds is 4. The summed E-state index contributed by atoms with van der Waals surface area (Å²) in [6.45, 7) is 3.38. The smallest absolute Gasteiger partial charge is 0.278 e. The van der Waals surface area contributed by atoms with Crippen molar-refractivity contribution in [2.45, 2.75) is 26.2 Å². The van der Waals surface area contributed by atoms with Gasteiger partial charge in [0.2, 0.25) is 0 Å². The van der Waals surface area contributed by atoms with Crippen LogP contribution in [0.5, 0.6) is 0 Å². The summed E-state index contributed by atoms with van der Waals surface area (Å²) in [4.78, 5) is 29.1. The number of nitrogens with zero attached hydrogens (tertiary/aromatic N) is 3. The third-order valence-corrected chi connectivity index (χ3v) is 4.34. The van der Waals surface area contributed by atoms with E-state index in [1.165, 1.54) is 25.6 Å². The monoisotopic (exact) mass is 325 g/mol. The number of hydrogen-bond acceptors (Lipinski definition) is 5. The summed E-state index contributed by atoms with van der Waals surface area (Å²) in [5, 5.41) is 11.4. The molecule has 0 radical (unpaired) electrons. The molecule has 1 aromatic heterocycles. The summed E-state index contributed by atoms with van der Waals surface area (Å²) in [5.41, 5.74) is 2.37. The highest BCUT2D eigenvalue weighted by molar-refractivity contribution is 5.95. The van der Waals surface area contributed by atoms with Crippen molar-refractivity contribution in [3.8, 4) is 11.3 Å². The second-order valence-electron chi connectivity index (χ2n) is 5.99. The van der Waals surface area contributed by atoms with E-state index in [9.17, 15) is 14.9 Å². The summed E-state index contributed by atoms with van der Waals surface area (Å²) in [7, 11) is 0. The first kappa shape index (κ1) is 16.1. The van der Waals surface area contributed by atoms with Gasteiger partial charge in [0.15, 0.2) is 5.78 Å². The van der Waals surface area contributed by atoms with Crippen LogP contribution in [0.4, 0.5) is 11.4 Å². The Labute approximate surface area is 140 Å². The zero-order valence-electron chi connectivity index (χ0n) is 13.6. The Hall–Kier alpha value is -2.76. The first-order valence-corrected chi connectivity index (χ1v) is 8.07. The minimum absolute atomic E-state index is 0.00367. The van der Waals surface area contributed by atoms with Gasteiger partial charge in [-0.15, -0.1) is 0 Å². The number of anilines is 1. The molecule has 0 bridgehead atoms. The van der Waals surface area contributed by atoms with Crippen molar-refractivity contribution in [2.75, 3.05) is 18.0 Å². The van der Waals surface area contributed by atoms with Crippen molar-refractivity contribution in [1.29, 1.82) is 0 Å². The van der Waals surface area contributed by atoms with Crippen LogP contribution in [0.2, 0.25) is 0 Å². The molecule has 0 amide bonds. The van der Waals surface area contributed by atoms with E-state index in [1.54, 1.807) is 18.2 Å². The Kier molecular flexibility index (Phi) is 4.55. The van der Waals surface area contributed by atoms with Crippen LogP contribution in [0.1, 0.15) is 36.5 Å². The summed E-state index contributed by atoms with van der Waals surface area (Å²) in [6, 6.07) is 8.37. The summed E-state index contributed by atoms with van der Waals surface area (Å²) in [6.07, 6.45) is 5.00. The lowest BCUT2D eigenvalue weighted by Gasteiger charge is -2.29. The molecule has 1 aromatic carbocycles. The largest absolute Gasteiger partial charge is 0.372 e. The molecule has 1 aliphatic rings. The minimum atomic E-state index is -0.405. The van der Waals surface area contributed by atoms with E-state index >= 15 is 0 Å². The average Bonchev–Trinajstić information content (AvgIpc) is 2.62. The Balaban J connectivity index is 2.08. The number of nitro groups is 1. The molecule has 3 rings (SSSR count). The van der Waals surface area contributed by atoms with Crippen LogP contribution in [0, 0.1) is 10.1 Å². The molecule has 0 N–H and O–H groups in total. The number of carbonyl (C=O) groups is 1. The molecule has 0 unspecified atom stereocenters. The molecule has 0 spiro atoms. The fourth-order valence-corrected chi connectivity index (χ4v) is 3.03. The number of carbonyl (C=O) groups excluding carboxylic acids is 1. The molecule has 6 nitrogen and oxygen atoms in total. The summed E-state index contributed by atoms with van der Waals surface area (Å²) >= 11 is 0. The summed E-state index contributed by atoms with van der Waals surface area (Å²) < 4.78 is 0. The quantitative estimate of drug-likeness (QED) is 0.485. The molecular formula is C18H19N3O3. The van der Waals surface area contributed by atoms with Gasteiger partial charge in [-0.05, 0) is 50.5 Å². The third kappa shape index (κ3) is 3.27. The van der Waals surface area contributed by atoms with Gasteiger partial charge in [0.05, 0.1) is 16.2 Å². The van der Waals surface area contributed by atoms with Crippen LogP contribution in [-0.2, 0) is 0 Å². The summed E-state index contributed by atoms with van der Waals surface area (Å²) in [5.74, 6) is -0.0894. The predicted molar refractivity (Wildman–Crippen MR) is 92.4 cm³/mol. The van der Waals surface area contributed by atoms with E-state index in [4.69, 9.17) is 0 Å². The maximum atomic E-state index is 11.6. The van der Waals surface area contributed by atoms with Crippen LogP contribution in [0.15, 0.2) is 36.5 Å². The van der Waals surface area contributed by atoms with E-state index in [0.717, 1.165) is 31.6 Å². The van der Waals surface area contributed by atoms with Gasteiger partial charge in [-0.25, -0.2) is 0 Å². The molecule has 0 saturated carbocycles. The molecule has 6 heteroatoms. The number of ketones is 1. The lowest BCUT2D eigenvalue weighted by molar-refractivity contribution is -0.384. The van der Waals surface area contributed by atoms with Crippen LogP contribution in [-0.4, -0.2) is 28.8 Å². The number of benzene rings is 1. The lowest BCUT2D eigenvalue weighted by atomic mass is 10.0. The average molecular weight is 325 g/mol. The normalized spacial score (nSPS) is 14.5. The highest BCUT2D eigenvalue weighted by atomic mass is 16.6. The second kappa shape index (κ2) is 6.78. The van der Waals surface area contributed by atoms with Gasteiger partial charge in [0, 0.05) is 36.6 Å². The maximum absolute atomic E-state index is 11.6. The van der Waals surface area contributed by atoms with Gasteiger partial charge >= 0.3 is 0 Å². The number of aromatic nitrogens is 1. The van der Waals surface area contributed by atoms with Crippen LogP contribution >= 0.6 is 0 Å². The molecule has 1 saturated heterocycles. The highest BCUT2D eigenvalue weighted by Crippen LogP contribution is 2.33. The molecule has 0 aliphatic carbocycles. The van der Waals surface area contributed by atoms with Crippen molar-refractivity contribution in [3.63, 3.8) is 0 Å². The van der Waals surface area contributed by atoms with E-state index in [0.29, 0.717) is 16.8 Å². The Morgan fingerprint density at radius 1 is 1.17 bits per heavy atom. The van der Waals surface area contributed by atoms with Gasteiger partial charge in [0.1, 0.15) is 0 Å². The molecule has 2 heterocycles. The molecule has 24 heavy (non-hydrogen) atoms. The SMILES string of the molecule is CC(=O)c1ccnc(-c2cc(N3CCCCC3)ccc2[N+](=O)[O-])c1. The maximum Gasteiger partial charge on any atom is 0.278 e. The molecule has 2 aromatic rings. The Bertz CT molecular complexity index is 783. The number of hydrogen-bond donors (Lipinski definition) is 0. The van der Waals surface area contributed by atoms with Crippen molar-refractivity contribution in [1.82, 2.24) is 4.98 Å². The first-order chi connectivity index (χ1) is 11.6. The fraction of sp³-hybridized carbons (Fsp3) is 0.333. The first-order valence-electron chi connectivity index (χ1n) is 8.07. The van der Waals surface area contributed by atoms with Gasteiger partial charge in [-0.2, -0.15) is 0 Å². The number of Topliss-reactive ketones (excluding diaryl/α,β-unsaturated/α-hetero) is 1. The topological polar surface area (TPSA) is 76.3 Å². The molecule has 1 aliphatic heterocycles. The lowest BCUT2D eigenvalue weighted by Crippen LogP contribution is -2.29. The molecule has 1 fully saturated rings. The minimum Gasteiger partial charge on any atom is -0.372 e. The van der Waals surface area contributed by atoms with E-state index in [1.807, 2.05) is 6.07 Å². The third-order valence-electron chi connectivity index (χ3n) is 4.34. The number of nitro benzene ring substituents is 1. The van der Waals surface area contributed by atoms with Gasteiger partial charge in [-0.1, -0.05) is 0 Å². The second-order valence-corrected chi connectivity index (χ2v) is 5.99. The van der Waals surface area contributed by atoms with Crippen molar-refractivity contribution in [2.24, 2.45) is 0 Å². The van der Waals surface area contributed by atoms with E-state index < -0.39 is 4.92 Å². The van der Waals surface area contributed by atoms with Crippen molar-refractivity contribution >= 4 is 17.2 Å². The molecule has 0 atom stereocenters. The highest BCUT2D eigenvalue weighted by Gasteiger charge is 2.20. The van der Waals surface area contributed by atoms with Crippen LogP contribution in [0.25, 0.3) is 11.3 Å². The van der Waals surface area contributed by atoms with Gasteiger partial charge in [0.25, 0.3) is 5.69 Å². The van der Waals surface area contributed by atoms with Gasteiger partial charge in [-0.3, -0.25) is 19.9 Å². The van der Waals surface area contributed by atoms with E-state index in [-0.39, 0.29) is 11.5 Å². The van der Waals surface area contributed by atoms with Crippen LogP contribution < -0.4 is 4.90 Å². The zero-order chi connectivity index (χ0) is 17.1. The standard InChI is InChI=1S/C18H19N3O3/c1-13(22)14-7-8-19-17(11-14)16-12-15(5-6-18(16)21(23)24)20-9-3-2-4-10-20/h5-8,11-12H,2-4,9-10H2,1H3. The number of piperidine rings is 1. The zero-order valence-corrected chi connectivity index (χ0v) is 13.6. The molecule has 124 valence electrons. The Morgan fingerprint density at radius 3 is 2.58 bits per heavy atom. The van der Waals surface area contributed by atoms with Crippen LogP contribution in [0.3, 0.4) is 0 Å². The number of pyridine rings is 1.